The van der Waals surface area contributed by atoms with Crippen LogP contribution in [0.3, 0.4) is 0 Å². The highest BCUT2D eigenvalue weighted by molar-refractivity contribution is 7.98. The number of rotatable bonds is 7. The lowest BCUT2D eigenvalue weighted by atomic mass is 10.1. The fourth-order valence-corrected chi connectivity index (χ4v) is 3.96. The summed E-state index contributed by atoms with van der Waals surface area (Å²) in [6, 6.07) is 15.8. The zero-order valence-electron chi connectivity index (χ0n) is 17.4. The Hall–Kier alpha value is -2.64. The number of nitrogens with one attached hydrogen (secondary N) is 1. The van der Waals surface area contributed by atoms with E-state index in [2.05, 4.69) is 5.32 Å². The molecule has 1 N–H and O–H groups in total. The summed E-state index contributed by atoms with van der Waals surface area (Å²) in [6.07, 6.45) is -4.54. The number of aryl methyl sites for hydroxylation is 1. The summed E-state index contributed by atoms with van der Waals surface area (Å²) in [5, 5.41) is 2.50. The van der Waals surface area contributed by atoms with Crippen molar-refractivity contribution >= 4 is 35.0 Å². The maximum atomic E-state index is 13.0. The topological polar surface area (TPSA) is 38.3 Å². The van der Waals surface area contributed by atoms with Gasteiger partial charge in [0.05, 0.1) is 22.9 Å². The summed E-state index contributed by atoms with van der Waals surface area (Å²) < 4.78 is 44.7. The number of amides is 1. The van der Waals surface area contributed by atoms with Crippen LogP contribution in [-0.4, -0.2) is 12.5 Å². The summed E-state index contributed by atoms with van der Waals surface area (Å²) in [7, 11) is 0. The van der Waals surface area contributed by atoms with E-state index in [-0.39, 0.29) is 10.7 Å². The van der Waals surface area contributed by atoms with Crippen molar-refractivity contribution in [1.29, 1.82) is 0 Å². The van der Waals surface area contributed by atoms with Crippen LogP contribution in [0, 0.1) is 6.92 Å². The second-order valence-electron chi connectivity index (χ2n) is 7.00. The SMILES string of the molecule is CCOc1ccc(C(=O)Nc2cc(C(F)(F)F)ccc2Cl)cc1CSc1ccc(C)cc1. The first-order chi connectivity index (χ1) is 15.2. The predicted molar refractivity (Wildman–Crippen MR) is 123 cm³/mol. The van der Waals surface area contributed by atoms with Gasteiger partial charge in [0.2, 0.25) is 0 Å². The van der Waals surface area contributed by atoms with Crippen LogP contribution in [0.4, 0.5) is 18.9 Å². The standard InChI is InChI=1S/C24H21ClF3NO2S/c1-3-31-22-11-6-16(12-17(22)14-32-19-8-4-15(2)5-9-19)23(30)29-21-13-18(24(26,27)28)7-10-20(21)25/h4-13H,3,14H2,1-2H3,(H,29,30). The number of ether oxygens (including phenoxy) is 1. The van der Waals surface area contributed by atoms with Gasteiger partial charge in [-0.3, -0.25) is 4.79 Å². The Balaban J connectivity index is 1.82. The third-order valence-corrected chi connectivity index (χ3v) is 5.97. The number of hydrogen-bond donors (Lipinski definition) is 1. The largest absolute Gasteiger partial charge is 0.494 e. The van der Waals surface area contributed by atoms with Crippen LogP contribution in [-0.2, 0) is 11.9 Å². The fraction of sp³-hybridized carbons (Fsp3) is 0.208. The highest BCUT2D eigenvalue weighted by atomic mass is 35.5. The number of thioether (sulfide) groups is 1. The van der Waals surface area contributed by atoms with E-state index in [4.69, 9.17) is 16.3 Å². The van der Waals surface area contributed by atoms with E-state index < -0.39 is 17.6 Å². The molecule has 0 fully saturated rings. The van der Waals surface area contributed by atoms with Gasteiger partial charge in [-0.2, -0.15) is 13.2 Å². The van der Waals surface area contributed by atoms with Crippen molar-refractivity contribution in [2.45, 2.75) is 30.7 Å². The lowest BCUT2D eigenvalue weighted by Crippen LogP contribution is -2.14. The molecular weight excluding hydrogens is 459 g/mol. The molecule has 0 aliphatic heterocycles. The Labute approximate surface area is 193 Å². The average Bonchev–Trinajstić information content (AvgIpc) is 2.75. The van der Waals surface area contributed by atoms with Gasteiger partial charge in [-0.1, -0.05) is 29.3 Å². The Morgan fingerprint density at radius 3 is 2.44 bits per heavy atom. The van der Waals surface area contributed by atoms with Crippen molar-refractivity contribution in [3.63, 3.8) is 0 Å². The van der Waals surface area contributed by atoms with Crippen LogP contribution in [0.5, 0.6) is 5.75 Å². The molecule has 0 aliphatic rings. The third-order valence-electron chi connectivity index (χ3n) is 4.58. The Bertz CT molecular complexity index is 1100. The monoisotopic (exact) mass is 479 g/mol. The van der Waals surface area contributed by atoms with E-state index in [1.807, 2.05) is 38.1 Å². The molecule has 168 valence electrons. The van der Waals surface area contributed by atoms with Crippen molar-refractivity contribution in [2.24, 2.45) is 0 Å². The third kappa shape index (κ3) is 6.20. The van der Waals surface area contributed by atoms with E-state index in [1.54, 1.807) is 30.0 Å². The number of benzene rings is 3. The smallest absolute Gasteiger partial charge is 0.416 e. The molecule has 8 heteroatoms. The summed E-state index contributed by atoms with van der Waals surface area (Å²) in [5.41, 5.74) is 1.27. The van der Waals surface area contributed by atoms with E-state index in [0.29, 0.717) is 23.7 Å². The average molecular weight is 480 g/mol. The molecule has 3 nitrogen and oxygen atoms in total. The number of hydrogen-bond acceptors (Lipinski definition) is 3. The first kappa shape index (κ1) is 24.0. The van der Waals surface area contributed by atoms with E-state index >= 15 is 0 Å². The predicted octanol–water partition coefficient (Wildman–Crippen LogP) is 7.61. The molecule has 0 bridgehead atoms. The minimum absolute atomic E-state index is 0.0208. The summed E-state index contributed by atoms with van der Waals surface area (Å²) in [5.74, 6) is 0.653. The van der Waals surface area contributed by atoms with Crippen molar-refractivity contribution < 1.29 is 22.7 Å². The van der Waals surface area contributed by atoms with Gasteiger partial charge in [0.1, 0.15) is 5.75 Å². The molecule has 0 heterocycles. The zero-order valence-corrected chi connectivity index (χ0v) is 19.0. The van der Waals surface area contributed by atoms with Gasteiger partial charge in [0, 0.05) is 21.8 Å². The lowest BCUT2D eigenvalue weighted by Gasteiger charge is -2.14. The second-order valence-corrected chi connectivity index (χ2v) is 8.46. The van der Waals surface area contributed by atoms with Crippen LogP contribution in [0.25, 0.3) is 0 Å². The molecule has 0 aliphatic carbocycles. The molecule has 32 heavy (non-hydrogen) atoms. The molecule has 1 amide bonds. The number of halogens is 4. The number of alkyl halides is 3. The number of carbonyl (C=O) groups is 1. The van der Waals surface area contributed by atoms with Gasteiger partial charge in [-0.05, 0) is 62.4 Å². The van der Waals surface area contributed by atoms with Crippen molar-refractivity contribution in [3.8, 4) is 5.75 Å². The highest BCUT2D eigenvalue weighted by Crippen LogP contribution is 2.34. The molecule has 3 aromatic rings. The lowest BCUT2D eigenvalue weighted by molar-refractivity contribution is -0.137. The Morgan fingerprint density at radius 2 is 1.78 bits per heavy atom. The van der Waals surface area contributed by atoms with Crippen molar-refractivity contribution in [3.05, 3.63) is 87.9 Å². The summed E-state index contributed by atoms with van der Waals surface area (Å²) in [4.78, 5) is 13.8. The van der Waals surface area contributed by atoms with Gasteiger partial charge in [0.25, 0.3) is 5.91 Å². The summed E-state index contributed by atoms with van der Waals surface area (Å²) in [6.45, 7) is 4.35. The first-order valence-corrected chi connectivity index (χ1v) is 11.2. The Kier molecular flexibility index (Phi) is 7.74. The maximum absolute atomic E-state index is 13.0. The van der Waals surface area contributed by atoms with Gasteiger partial charge < -0.3 is 10.1 Å². The molecule has 0 aromatic heterocycles. The molecule has 0 atom stereocenters. The second kappa shape index (κ2) is 10.3. The molecule has 0 saturated carbocycles. The first-order valence-electron chi connectivity index (χ1n) is 9.80. The number of anilines is 1. The minimum atomic E-state index is -4.54. The summed E-state index contributed by atoms with van der Waals surface area (Å²) >= 11 is 7.59. The van der Waals surface area contributed by atoms with Crippen LogP contribution >= 0.6 is 23.4 Å². The van der Waals surface area contributed by atoms with Gasteiger partial charge >= 0.3 is 6.18 Å². The minimum Gasteiger partial charge on any atom is -0.494 e. The van der Waals surface area contributed by atoms with Gasteiger partial charge in [-0.25, -0.2) is 0 Å². The maximum Gasteiger partial charge on any atom is 0.416 e. The molecular formula is C24H21ClF3NO2S. The molecule has 0 radical (unpaired) electrons. The molecule has 3 rings (SSSR count). The van der Waals surface area contributed by atoms with Crippen LogP contribution in [0.15, 0.2) is 65.6 Å². The molecule has 0 unspecified atom stereocenters. The fourth-order valence-electron chi connectivity index (χ4n) is 2.92. The van der Waals surface area contributed by atoms with Crippen LogP contribution < -0.4 is 10.1 Å². The van der Waals surface area contributed by atoms with E-state index in [0.717, 1.165) is 34.2 Å². The normalized spacial score (nSPS) is 11.3. The van der Waals surface area contributed by atoms with Crippen LogP contribution in [0.1, 0.15) is 34.0 Å². The highest BCUT2D eigenvalue weighted by Gasteiger charge is 2.31. The zero-order chi connectivity index (χ0) is 23.3. The molecule has 0 saturated heterocycles. The Morgan fingerprint density at radius 1 is 1.06 bits per heavy atom. The van der Waals surface area contributed by atoms with E-state index in [1.165, 1.54) is 0 Å². The van der Waals surface area contributed by atoms with Crippen molar-refractivity contribution in [2.75, 3.05) is 11.9 Å². The van der Waals surface area contributed by atoms with E-state index in [9.17, 15) is 18.0 Å². The van der Waals surface area contributed by atoms with Gasteiger partial charge in [-0.15, -0.1) is 11.8 Å². The number of carbonyl (C=O) groups excluding carboxylic acids is 1. The van der Waals surface area contributed by atoms with Crippen LogP contribution in [0.2, 0.25) is 5.02 Å². The van der Waals surface area contributed by atoms with Gasteiger partial charge in [0.15, 0.2) is 0 Å². The van der Waals surface area contributed by atoms with Crippen molar-refractivity contribution in [1.82, 2.24) is 0 Å². The molecule has 0 spiro atoms. The molecule has 3 aromatic carbocycles. The quantitative estimate of drug-likeness (QED) is 0.354.